The predicted molar refractivity (Wildman–Crippen MR) is 67.0 cm³/mol. The fourth-order valence-corrected chi connectivity index (χ4v) is 3.41. The Morgan fingerprint density at radius 1 is 1.56 bits per heavy atom. The number of nitrogens with zero attached hydrogens (tertiary/aromatic N) is 2. The van der Waals surface area contributed by atoms with Crippen LogP contribution in [0.2, 0.25) is 0 Å². The van der Waals surface area contributed by atoms with Crippen LogP contribution < -0.4 is 5.32 Å². The van der Waals surface area contributed by atoms with Gasteiger partial charge < -0.3 is 5.32 Å². The third-order valence-electron chi connectivity index (χ3n) is 3.59. The van der Waals surface area contributed by atoms with Crippen LogP contribution in [0.1, 0.15) is 25.0 Å². The molecule has 0 amide bonds. The second-order valence-corrected chi connectivity index (χ2v) is 5.57. The topological polar surface area (TPSA) is 29.3 Å². The van der Waals surface area contributed by atoms with Gasteiger partial charge in [0.2, 0.25) is 0 Å². The SMILES string of the molecule is CNC1CCC(Cc2cn3ccsc3n2)C1. The maximum atomic E-state index is 4.65. The Morgan fingerprint density at radius 3 is 3.25 bits per heavy atom. The lowest BCUT2D eigenvalue weighted by Crippen LogP contribution is -2.21. The second kappa shape index (κ2) is 4.18. The van der Waals surface area contributed by atoms with Crippen LogP contribution in [-0.4, -0.2) is 22.5 Å². The molecule has 86 valence electrons. The largest absolute Gasteiger partial charge is 0.317 e. The van der Waals surface area contributed by atoms with E-state index in [1.165, 1.54) is 25.0 Å². The average Bonchev–Trinajstić information content (AvgIpc) is 2.92. The van der Waals surface area contributed by atoms with E-state index < -0.39 is 0 Å². The summed E-state index contributed by atoms with van der Waals surface area (Å²) in [6, 6.07) is 0.730. The molecule has 1 N–H and O–H groups in total. The third-order valence-corrected chi connectivity index (χ3v) is 4.36. The first-order valence-corrected chi connectivity index (χ1v) is 6.81. The molecule has 2 atom stereocenters. The molecule has 1 aliphatic rings. The first-order chi connectivity index (χ1) is 7.85. The fraction of sp³-hybridized carbons (Fsp3) is 0.583. The van der Waals surface area contributed by atoms with Gasteiger partial charge in [-0.3, -0.25) is 4.40 Å². The van der Waals surface area contributed by atoms with Crippen molar-refractivity contribution in [3.8, 4) is 0 Å². The van der Waals surface area contributed by atoms with Crippen molar-refractivity contribution in [1.29, 1.82) is 0 Å². The lowest BCUT2D eigenvalue weighted by atomic mass is 10.0. The minimum atomic E-state index is 0.730. The highest BCUT2D eigenvalue weighted by Gasteiger charge is 2.24. The van der Waals surface area contributed by atoms with E-state index >= 15 is 0 Å². The molecule has 2 aromatic rings. The summed E-state index contributed by atoms with van der Waals surface area (Å²) < 4.78 is 2.13. The zero-order chi connectivity index (χ0) is 11.0. The zero-order valence-corrected chi connectivity index (χ0v) is 10.3. The van der Waals surface area contributed by atoms with E-state index in [-0.39, 0.29) is 0 Å². The van der Waals surface area contributed by atoms with Crippen LogP contribution in [0.4, 0.5) is 0 Å². The summed E-state index contributed by atoms with van der Waals surface area (Å²) in [5, 5.41) is 5.46. The van der Waals surface area contributed by atoms with Crippen molar-refractivity contribution < 1.29 is 0 Å². The van der Waals surface area contributed by atoms with Crippen LogP contribution in [0.25, 0.3) is 4.96 Å². The van der Waals surface area contributed by atoms with Crippen LogP contribution in [0.5, 0.6) is 0 Å². The number of nitrogens with one attached hydrogen (secondary N) is 1. The molecule has 0 aromatic carbocycles. The van der Waals surface area contributed by atoms with Gasteiger partial charge in [-0.1, -0.05) is 0 Å². The first kappa shape index (κ1) is 10.3. The maximum absolute atomic E-state index is 4.65. The smallest absolute Gasteiger partial charge is 0.193 e. The molecule has 2 aromatic heterocycles. The van der Waals surface area contributed by atoms with Gasteiger partial charge in [0.15, 0.2) is 4.96 Å². The predicted octanol–water partition coefficient (Wildman–Crippen LogP) is 2.33. The number of hydrogen-bond donors (Lipinski definition) is 1. The Morgan fingerprint density at radius 2 is 2.50 bits per heavy atom. The maximum Gasteiger partial charge on any atom is 0.193 e. The van der Waals surface area contributed by atoms with Crippen molar-refractivity contribution >= 4 is 16.3 Å². The standard InChI is InChI=1S/C12H17N3S/c1-13-10-3-2-9(6-10)7-11-8-15-4-5-16-12(15)14-11/h4-5,8-10,13H,2-3,6-7H2,1H3. The normalized spacial score (nSPS) is 25.6. The minimum Gasteiger partial charge on any atom is -0.317 e. The highest BCUT2D eigenvalue weighted by atomic mass is 32.1. The molecular formula is C12H17N3S. The third kappa shape index (κ3) is 1.87. The van der Waals surface area contributed by atoms with Crippen LogP contribution in [0.15, 0.2) is 17.8 Å². The van der Waals surface area contributed by atoms with Gasteiger partial charge in [-0.2, -0.15) is 0 Å². The number of imidazole rings is 1. The van der Waals surface area contributed by atoms with Crippen LogP contribution in [0, 0.1) is 5.92 Å². The number of thiazole rings is 1. The monoisotopic (exact) mass is 235 g/mol. The van der Waals surface area contributed by atoms with Crippen molar-refractivity contribution in [2.24, 2.45) is 5.92 Å². The van der Waals surface area contributed by atoms with E-state index in [1.54, 1.807) is 11.3 Å². The molecule has 4 heteroatoms. The molecule has 1 fully saturated rings. The number of aromatic nitrogens is 2. The van der Waals surface area contributed by atoms with Gasteiger partial charge in [-0.15, -0.1) is 11.3 Å². The zero-order valence-electron chi connectivity index (χ0n) is 9.52. The van der Waals surface area contributed by atoms with Crippen molar-refractivity contribution in [1.82, 2.24) is 14.7 Å². The van der Waals surface area contributed by atoms with E-state index in [9.17, 15) is 0 Å². The highest BCUT2D eigenvalue weighted by Crippen LogP contribution is 2.28. The van der Waals surface area contributed by atoms with Crippen molar-refractivity contribution in [3.05, 3.63) is 23.5 Å². The van der Waals surface area contributed by atoms with Gasteiger partial charge >= 0.3 is 0 Å². The Balaban J connectivity index is 1.69. The van der Waals surface area contributed by atoms with E-state index in [1.807, 2.05) is 0 Å². The molecule has 0 aliphatic heterocycles. The van der Waals surface area contributed by atoms with E-state index in [4.69, 9.17) is 0 Å². The van der Waals surface area contributed by atoms with Gasteiger partial charge in [0.1, 0.15) is 0 Å². The summed E-state index contributed by atoms with van der Waals surface area (Å²) in [7, 11) is 2.07. The molecular weight excluding hydrogens is 218 g/mol. The van der Waals surface area contributed by atoms with Crippen LogP contribution in [0.3, 0.4) is 0 Å². The van der Waals surface area contributed by atoms with Crippen LogP contribution >= 0.6 is 11.3 Å². The average molecular weight is 235 g/mol. The summed E-state index contributed by atoms with van der Waals surface area (Å²) in [4.78, 5) is 5.77. The van der Waals surface area contributed by atoms with Gasteiger partial charge in [-0.25, -0.2) is 4.98 Å². The van der Waals surface area contributed by atoms with Crippen LogP contribution in [-0.2, 0) is 6.42 Å². The van der Waals surface area contributed by atoms with E-state index in [0.717, 1.165) is 23.3 Å². The van der Waals surface area contributed by atoms with Gasteiger partial charge in [0.25, 0.3) is 0 Å². The second-order valence-electron chi connectivity index (χ2n) is 4.69. The number of hydrogen-bond acceptors (Lipinski definition) is 3. The molecule has 0 bridgehead atoms. The molecule has 1 aliphatic carbocycles. The number of fused-ring (bicyclic) bond motifs is 1. The van der Waals surface area contributed by atoms with Crippen molar-refractivity contribution in [2.45, 2.75) is 31.7 Å². The summed E-state index contributed by atoms with van der Waals surface area (Å²) in [5.74, 6) is 0.821. The molecule has 0 spiro atoms. The van der Waals surface area contributed by atoms with Gasteiger partial charge in [-0.05, 0) is 38.6 Å². The lowest BCUT2D eigenvalue weighted by Gasteiger charge is -2.08. The molecule has 0 radical (unpaired) electrons. The molecule has 16 heavy (non-hydrogen) atoms. The Hall–Kier alpha value is -0.870. The Kier molecular flexibility index (Phi) is 2.69. The quantitative estimate of drug-likeness (QED) is 0.884. The summed E-state index contributed by atoms with van der Waals surface area (Å²) in [6.45, 7) is 0. The molecule has 2 heterocycles. The summed E-state index contributed by atoms with van der Waals surface area (Å²) in [5.41, 5.74) is 1.26. The highest BCUT2D eigenvalue weighted by molar-refractivity contribution is 7.15. The fourth-order valence-electron chi connectivity index (χ4n) is 2.69. The minimum absolute atomic E-state index is 0.730. The van der Waals surface area contributed by atoms with E-state index in [0.29, 0.717) is 0 Å². The first-order valence-electron chi connectivity index (χ1n) is 5.93. The Labute approximate surface area is 99.5 Å². The summed E-state index contributed by atoms with van der Waals surface area (Å²) >= 11 is 1.71. The molecule has 3 rings (SSSR count). The van der Waals surface area contributed by atoms with Gasteiger partial charge in [0, 0.05) is 23.8 Å². The number of rotatable bonds is 3. The van der Waals surface area contributed by atoms with Crippen molar-refractivity contribution in [3.63, 3.8) is 0 Å². The Bertz CT molecular complexity index is 445. The van der Waals surface area contributed by atoms with Gasteiger partial charge in [0.05, 0.1) is 5.69 Å². The molecule has 2 unspecified atom stereocenters. The lowest BCUT2D eigenvalue weighted by molar-refractivity contribution is 0.506. The molecule has 3 nitrogen and oxygen atoms in total. The molecule has 0 saturated heterocycles. The molecule has 1 saturated carbocycles. The van der Waals surface area contributed by atoms with E-state index in [2.05, 4.69) is 39.5 Å². The van der Waals surface area contributed by atoms with Crippen molar-refractivity contribution in [2.75, 3.05) is 7.05 Å². The summed E-state index contributed by atoms with van der Waals surface area (Å²) in [6.07, 6.45) is 9.38.